The number of nitrogens with one attached hydrogen (secondary N) is 1. The van der Waals surface area contributed by atoms with Crippen LogP contribution in [0.1, 0.15) is 25.2 Å². The summed E-state index contributed by atoms with van der Waals surface area (Å²) in [5.41, 5.74) is 2.77. The van der Waals surface area contributed by atoms with Gasteiger partial charge in [-0.25, -0.2) is 0 Å². The number of amides is 1. The predicted octanol–water partition coefficient (Wildman–Crippen LogP) is 3.92. The fraction of sp³-hybridized carbons (Fsp3) is 0.318. The molecule has 0 radical (unpaired) electrons. The Morgan fingerprint density at radius 2 is 1.90 bits per heavy atom. The molecule has 2 heterocycles. The molecule has 1 saturated heterocycles. The SMILES string of the molecule is COc1ccc(-c2noc(CCC(=O)Nc3ccccc3N3CCCC3)n2)cc1. The maximum Gasteiger partial charge on any atom is 0.227 e. The Bertz CT molecular complexity index is 962. The first-order valence-corrected chi connectivity index (χ1v) is 9.84. The van der Waals surface area contributed by atoms with Gasteiger partial charge >= 0.3 is 0 Å². The van der Waals surface area contributed by atoms with Gasteiger partial charge < -0.3 is 19.5 Å². The van der Waals surface area contributed by atoms with E-state index in [1.54, 1.807) is 7.11 Å². The minimum absolute atomic E-state index is 0.0687. The predicted molar refractivity (Wildman–Crippen MR) is 111 cm³/mol. The number of hydrogen-bond donors (Lipinski definition) is 1. The molecular weight excluding hydrogens is 368 g/mol. The van der Waals surface area contributed by atoms with Crippen LogP contribution in [0.4, 0.5) is 11.4 Å². The van der Waals surface area contributed by atoms with Crippen LogP contribution in [0.25, 0.3) is 11.4 Å². The third-order valence-corrected chi connectivity index (χ3v) is 5.01. The van der Waals surface area contributed by atoms with Crippen molar-refractivity contribution in [2.24, 2.45) is 0 Å². The second-order valence-corrected chi connectivity index (χ2v) is 7.00. The summed E-state index contributed by atoms with van der Waals surface area (Å²) in [6.45, 7) is 2.06. The number of aryl methyl sites for hydroxylation is 1. The number of aromatic nitrogens is 2. The maximum absolute atomic E-state index is 12.5. The standard InChI is InChI=1S/C22H24N4O3/c1-28-17-10-8-16(9-11-17)22-24-21(29-25-22)13-12-20(27)23-18-6-2-3-7-19(18)26-14-4-5-15-26/h2-3,6-11H,4-5,12-15H2,1H3,(H,23,27). The number of nitrogens with zero attached hydrogens (tertiary/aromatic N) is 3. The summed E-state index contributed by atoms with van der Waals surface area (Å²) in [6, 6.07) is 15.4. The smallest absolute Gasteiger partial charge is 0.227 e. The first-order valence-electron chi connectivity index (χ1n) is 9.84. The third kappa shape index (κ3) is 4.56. The van der Waals surface area contributed by atoms with Crippen molar-refractivity contribution in [2.75, 3.05) is 30.4 Å². The molecule has 0 spiro atoms. The number of rotatable bonds is 7. The van der Waals surface area contributed by atoms with E-state index in [9.17, 15) is 4.79 Å². The number of methoxy groups -OCH3 is 1. The fourth-order valence-corrected chi connectivity index (χ4v) is 3.46. The molecule has 1 N–H and O–H groups in total. The average Bonchev–Trinajstić information content (AvgIpc) is 3.45. The summed E-state index contributed by atoms with van der Waals surface area (Å²) in [5, 5.41) is 7.03. The van der Waals surface area contributed by atoms with Crippen LogP contribution in [0.15, 0.2) is 53.1 Å². The Hall–Kier alpha value is -3.35. The highest BCUT2D eigenvalue weighted by molar-refractivity contribution is 5.94. The summed E-state index contributed by atoms with van der Waals surface area (Å²) >= 11 is 0. The van der Waals surface area contributed by atoms with Gasteiger partial charge in [0.2, 0.25) is 17.6 Å². The Balaban J connectivity index is 1.35. The molecule has 0 unspecified atom stereocenters. The lowest BCUT2D eigenvalue weighted by Crippen LogP contribution is -2.21. The Kier molecular flexibility index (Phi) is 5.74. The average molecular weight is 392 g/mol. The van der Waals surface area contributed by atoms with Crippen molar-refractivity contribution < 1.29 is 14.1 Å². The van der Waals surface area contributed by atoms with Gasteiger partial charge in [-0.3, -0.25) is 4.79 Å². The van der Waals surface area contributed by atoms with Crippen molar-refractivity contribution in [3.05, 3.63) is 54.4 Å². The first kappa shape index (κ1) is 19.0. The Morgan fingerprint density at radius 1 is 1.14 bits per heavy atom. The normalized spacial score (nSPS) is 13.5. The van der Waals surface area contributed by atoms with Crippen molar-refractivity contribution in [1.82, 2.24) is 10.1 Å². The van der Waals surface area contributed by atoms with Crippen molar-refractivity contribution in [1.29, 1.82) is 0 Å². The van der Waals surface area contributed by atoms with Crippen molar-refractivity contribution in [3.8, 4) is 17.1 Å². The molecule has 0 atom stereocenters. The summed E-state index contributed by atoms with van der Waals surface area (Å²) in [5.74, 6) is 1.64. The largest absolute Gasteiger partial charge is 0.497 e. The van der Waals surface area contributed by atoms with Crippen molar-refractivity contribution in [2.45, 2.75) is 25.7 Å². The molecule has 29 heavy (non-hydrogen) atoms. The summed E-state index contributed by atoms with van der Waals surface area (Å²) in [7, 11) is 1.62. The van der Waals surface area contributed by atoms with Crippen molar-refractivity contribution >= 4 is 17.3 Å². The van der Waals surface area contributed by atoms with Gasteiger partial charge in [-0.15, -0.1) is 0 Å². The van der Waals surface area contributed by atoms with Gasteiger partial charge in [-0.05, 0) is 49.2 Å². The lowest BCUT2D eigenvalue weighted by atomic mass is 10.2. The topological polar surface area (TPSA) is 80.5 Å². The van der Waals surface area contributed by atoms with E-state index in [0.717, 1.165) is 35.8 Å². The Labute approximate surface area is 169 Å². The van der Waals surface area contributed by atoms with Gasteiger partial charge in [0.1, 0.15) is 5.75 Å². The summed E-state index contributed by atoms with van der Waals surface area (Å²) < 4.78 is 10.5. The number of carbonyl (C=O) groups excluding carboxylic acids is 1. The van der Waals surface area contributed by atoms with Crippen LogP contribution < -0.4 is 15.0 Å². The fourth-order valence-electron chi connectivity index (χ4n) is 3.46. The van der Waals surface area contributed by atoms with Gasteiger partial charge in [0.25, 0.3) is 0 Å². The van der Waals surface area contributed by atoms with Crippen LogP contribution in [-0.4, -0.2) is 36.2 Å². The second kappa shape index (κ2) is 8.77. The van der Waals surface area contributed by atoms with Gasteiger partial charge in [0, 0.05) is 31.5 Å². The van der Waals surface area contributed by atoms with Crippen LogP contribution in [0.5, 0.6) is 5.75 Å². The lowest BCUT2D eigenvalue weighted by molar-refractivity contribution is -0.116. The molecule has 1 aliphatic heterocycles. The molecule has 150 valence electrons. The van der Waals surface area contributed by atoms with Crippen molar-refractivity contribution in [3.63, 3.8) is 0 Å². The second-order valence-electron chi connectivity index (χ2n) is 7.00. The molecule has 0 bridgehead atoms. The van der Waals surface area contributed by atoms with Crippen LogP contribution in [0.3, 0.4) is 0 Å². The minimum atomic E-state index is -0.0687. The lowest BCUT2D eigenvalue weighted by Gasteiger charge is -2.21. The van der Waals surface area contributed by atoms with E-state index < -0.39 is 0 Å². The van der Waals surface area contributed by atoms with Crippen LogP contribution >= 0.6 is 0 Å². The van der Waals surface area contributed by atoms with Crippen LogP contribution in [0, 0.1) is 0 Å². The highest BCUT2D eigenvalue weighted by Crippen LogP contribution is 2.28. The van der Waals surface area contributed by atoms with E-state index in [1.165, 1.54) is 12.8 Å². The van der Waals surface area contributed by atoms with Crippen LogP contribution in [-0.2, 0) is 11.2 Å². The number of ether oxygens (including phenoxy) is 1. The molecule has 3 aromatic rings. The van der Waals surface area contributed by atoms with E-state index >= 15 is 0 Å². The van der Waals surface area contributed by atoms with E-state index in [4.69, 9.17) is 9.26 Å². The zero-order valence-electron chi connectivity index (χ0n) is 16.4. The summed E-state index contributed by atoms with van der Waals surface area (Å²) in [6.07, 6.45) is 3.05. The van der Waals surface area contributed by atoms with Gasteiger partial charge in [0.15, 0.2) is 0 Å². The monoisotopic (exact) mass is 392 g/mol. The zero-order valence-corrected chi connectivity index (χ0v) is 16.4. The van der Waals surface area contributed by atoms with E-state index in [1.807, 2.05) is 42.5 Å². The Morgan fingerprint density at radius 3 is 2.66 bits per heavy atom. The molecule has 2 aromatic carbocycles. The van der Waals surface area contributed by atoms with Crippen LogP contribution in [0.2, 0.25) is 0 Å². The highest BCUT2D eigenvalue weighted by atomic mass is 16.5. The molecule has 1 aliphatic rings. The molecule has 4 rings (SSSR count). The number of para-hydroxylation sites is 2. The number of benzene rings is 2. The quantitative estimate of drug-likeness (QED) is 0.656. The molecule has 1 fully saturated rings. The zero-order chi connectivity index (χ0) is 20.1. The maximum atomic E-state index is 12.5. The molecule has 1 aromatic heterocycles. The third-order valence-electron chi connectivity index (χ3n) is 5.01. The van der Waals surface area contributed by atoms with Gasteiger partial charge in [0.05, 0.1) is 18.5 Å². The van der Waals surface area contributed by atoms with E-state index in [-0.39, 0.29) is 12.3 Å². The summed E-state index contributed by atoms with van der Waals surface area (Å²) in [4.78, 5) is 19.2. The molecule has 0 saturated carbocycles. The first-order chi connectivity index (χ1) is 14.2. The number of anilines is 2. The van der Waals surface area contributed by atoms with Gasteiger partial charge in [-0.2, -0.15) is 4.98 Å². The van der Waals surface area contributed by atoms with Gasteiger partial charge in [-0.1, -0.05) is 17.3 Å². The molecule has 7 nitrogen and oxygen atoms in total. The molecule has 0 aliphatic carbocycles. The molecule has 1 amide bonds. The number of hydrogen-bond acceptors (Lipinski definition) is 6. The number of carbonyl (C=O) groups is 1. The molecular formula is C22H24N4O3. The highest BCUT2D eigenvalue weighted by Gasteiger charge is 2.17. The van der Waals surface area contributed by atoms with E-state index in [0.29, 0.717) is 18.1 Å². The van der Waals surface area contributed by atoms with E-state index in [2.05, 4.69) is 26.4 Å². The molecule has 7 heteroatoms. The minimum Gasteiger partial charge on any atom is -0.497 e.